The van der Waals surface area contributed by atoms with Crippen LogP contribution in [-0.4, -0.2) is 56.6 Å². The molecule has 0 radical (unpaired) electrons. The van der Waals surface area contributed by atoms with Gasteiger partial charge in [-0.05, 0) is 51.8 Å². The van der Waals surface area contributed by atoms with Gasteiger partial charge in [0.1, 0.15) is 11.3 Å². The molecule has 33 heavy (non-hydrogen) atoms. The van der Waals surface area contributed by atoms with E-state index in [1.807, 2.05) is 56.1 Å². The second-order valence-electron chi connectivity index (χ2n) is 10.1. The van der Waals surface area contributed by atoms with E-state index in [2.05, 4.69) is 21.7 Å². The topological polar surface area (TPSA) is 70.6 Å². The number of piperidine rings is 1. The van der Waals surface area contributed by atoms with E-state index in [9.17, 15) is 9.59 Å². The van der Waals surface area contributed by atoms with Crippen LogP contribution in [0.3, 0.4) is 0 Å². The lowest BCUT2D eigenvalue weighted by Crippen LogP contribution is -2.42. The van der Waals surface area contributed by atoms with Crippen molar-refractivity contribution in [3.63, 3.8) is 0 Å². The molecule has 7 nitrogen and oxygen atoms in total. The molecule has 0 atom stereocenters. The molecule has 2 aliphatic rings. The van der Waals surface area contributed by atoms with Crippen molar-refractivity contribution in [2.24, 2.45) is 0 Å². The highest BCUT2D eigenvalue weighted by Gasteiger charge is 2.31. The van der Waals surface area contributed by atoms with E-state index in [0.29, 0.717) is 26.2 Å². The number of rotatable bonds is 2. The van der Waals surface area contributed by atoms with Gasteiger partial charge < -0.3 is 24.1 Å². The van der Waals surface area contributed by atoms with Crippen LogP contribution in [0.1, 0.15) is 61.4 Å². The van der Waals surface area contributed by atoms with Gasteiger partial charge >= 0.3 is 6.09 Å². The molecule has 0 unspecified atom stereocenters. The van der Waals surface area contributed by atoms with Crippen LogP contribution in [0.25, 0.3) is 10.9 Å². The molecule has 4 heterocycles. The van der Waals surface area contributed by atoms with E-state index < -0.39 is 5.60 Å². The van der Waals surface area contributed by atoms with Crippen molar-refractivity contribution >= 4 is 22.9 Å². The molecule has 2 aromatic heterocycles. The van der Waals surface area contributed by atoms with Crippen LogP contribution < -0.4 is 0 Å². The van der Waals surface area contributed by atoms with E-state index in [1.54, 1.807) is 4.90 Å². The van der Waals surface area contributed by atoms with E-state index in [-0.39, 0.29) is 18.0 Å². The van der Waals surface area contributed by atoms with E-state index in [4.69, 9.17) is 4.74 Å². The molecule has 2 aliphatic heterocycles. The minimum atomic E-state index is -0.493. The van der Waals surface area contributed by atoms with Gasteiger partial charge in [0.15, 0.2) is 0 Å². The summed E-state index contributed by atoms with van der Waals surface area (Å²) in [6.45, 7) is 8.25. The molecule has 1 aromatic carbocycles. The lowest BCUT2D eigenvalue weighted by Gasteiger charge is -2.35. The van der Waals surface area contributed by atoms with E-state index in [0.717, 1.165) is 30.5 Å². The number of likely N-dealkylation sites (tertiary alicyclic amines) is 1. The summed E-state index contributed by atoms with van der Waals surface area (Å²) in [6, 6.07) is 12.4. The zero-order valence-corrected chi connectivity index (χ0v) is 19.6. The van der Waals surface area contributed by atoms with Gasteiger partial charge in [0, 0.05) is 67.0 Å². The van der Waals surface area contributed by atoms with Crippen molar-refractivity contribution in [1.29, 1.82) is 0 Å². The monoisotopic (exact) mass is 448 g/mol. The average molecular weight is 449 g/mol. The predicted molar refractivity (Wildman–Crippen MR) is 127 cm³/mol. The third-order valence-electron chi connectivity index (χ3n) is 6.68. The Morgan fingerprint density at radius 2 is 1.76 bits per heavy atom. The zero-order valence-electron chi connectivity index (χ0n) is 19.6. The van der Waals surface area contributed by atoms with Gasteiger partial charge in [0.05, 0.1) is 0 Å². The molecule has 3 aromatic rings. The molecule has 0 spiro atoms. The van der Waals surface area contributed by atoms with Crippen LogP contribution in [0.4, 0.5) is 4.79 Å². The Morgan fingerprint density at radius 1 is 1.00 bits per heavy atom. The minimum absolute atomic E-state index is 0.0745. The van der Waals surface area contributed by atoms with Gasteiger partial charge in [0.25, 0.3) is 5.91 Å². The number of hydrogen-bond donors (Lipinski definition) is 1. The second-order valence-corrected chi connectivity index (χ2v) is 10.1. The van der Waals surface area contributed by atoms with Crippen LogP contribution in [0.5, 0.6) is 0 Å². The molecule has 0 bridgehead atoms. The maximum Gasteiger partial charge on any atom is 0.410 e. The first-order chi connectivity index (χ1) is 15.8. The van der Waals surface area contributed by atoms with Crippen LogP contribution in [0.2, 0.25) is 0 Å². The Labute approximate surface area is 194 Å². The van der Waals surface area contributed by atoms with Crippen LogP contribution >= 0.6 is 0 Å². The standard InChI is InChI=1S/C26H32N4O3/c1-26(2,3)33-25(32)28-14-10-18(11-15-28)30-13-6-9-23(30)24(31)29-16-12-22-20(17-29)19-7-4-5-8-21(19)27-22/h4-9,13,18,27H,10-12,14-17H2,1-3H3. The predicted octanol–water partition coefficient (Wildman–Crippen LogP) is 4.74. The Kier molecular flexibility index (Phi) is 5.43. The highest BCUT2D eigenvalue weighted by Crippen LogP contribution is 2.30. The molecule has 0 aliphatic carbocycles. The number of amides is 2. The lowest BCUT2D eigenvalue weighted by molar-refractivity contribution is 0.0186. The van der Waals surface area contributed by atoms with Gasteiger partial charge in [0.2, 0.25) is 0 Å². The molecule has 2 amide bonds. The second kappa shape index (κ2) is 8.28. The van der Waals surface area contributed by atoms with Crippen molar-refractivity contribution in [3.8, 4) is 0 Å². The third kappa shape index (κ3) is 4.24. The molecular weight excluding hydrogens is 416 g/mol. The number of carbonyl (C=O) groups is 2. The first-order valence-electron chi connectivity index (χ1n) is 11.8. The normalized spacial score (nSPS) is 17.3. The van der Waals surface area contributed by atoms with Gasteiger partial charge in [-0.2, -0.15) is 0 Å². The summed E-state index contributed by atoms with van der Waals surface area (Å²) in [6.07, 6.45) is 4.20. The van der Waals surface area contributed by atoms with Crippen molar-refractivity contribution in [2.45, 2.75) is 58.2 Å². The molecule has 1 N–H and O–H groups in total. The molecular formula is C26H32N4O3. The number of fused-ring (bicyclic) bond motifs is 3. The number of para-hydroxylation sites is 1. The minimum Gasteiger partial charge on any atom is -0.444 e. The number of carbonyl (C=O) groups excluding carboxylic acids is 2. The summed E-state index contributed by atoms with van der Waals surface area (Å²) in [4.78, 5) is 33.2. The van der Waals surface area contributed by atoms with Crippen molar-refractivity contribution in [3.05, 3.63) is 59.5 Å². The Balaban J connectivity index is 1.28. The number of hydrogen-bond acceptors (Lipinski definition) is 3. The molecule has 5 rings (SSSR count). The van der Waals surface area contributed by atoms with Crippen LogP contribution in [0.15, 0.2) is 42.6 Å². The average Bonchev–Trinajstić information content (AvgIpc) is 3.42. The fourth-order valence-electron chi connectivity index (χ4n) is 5.05. The number of aromatic nitrogens is 2. The first kappa shape index (κ1) is 21.6. The summed E-state index contributed by atoms with van der Waals surface area (Å²) < 4.78 is 7.62. The fraction of sp³-hybridized carbons (Fsp3) is 0.462. The maximum atomic E-state index is 13.5. The van der Waals surface area contributed by atoms with Gasteiger partial charge in [-0.25, -0.2) is 4.79 Å². The van der Waals surface area contributed by atoms with Gasteiger partial charge in [-0.1, -0.05) is 18.2 Å². The van der Waals surface area contributed by atoms with Crippen molar-refractivity contribution in [2.75, 3.05) is 19.6 Å². The Hall–Kier alpha value is -3.22. The number of benzene rings is 1. The van der Waals surface area contributed by atoms with E-state index in [1.165, 1.54) is 16.6 Å². The van der Waals surface area contributed by atoms with E-state index >= 15 is 0 Å². The summed E-state index contributed by atoms with van der Waals surface area (Å²) in [7, 11) is 0. The van der Waals surface area contributed by atoms with Gasteiger partial charge in [-0.15, -0.1) is 0 Å². The van der Waals surface area contributed by atoms with Crippen LogP contribution in [0, 0.1) is 0 Å². The third-order valence-corrected chi connectivity index (χ3v) is 6.68. The quantitative estimate of drug-likeness (QED) is 0.616. The zero-order chi connectivity index (χ0) is 23.2. The maximum absolute atomic E-state index is 13.5. The number of nitrogens with zero attached hydrogens (tertiary/aromatic N) is 3. The fourth-order valence-corrected chi connectivity index (χ4v) is 5.05. The molecule has 7 heteroatoms. The van der Waals surface area contributed by atoms with Crippen molar-refractivity contribution in [1.82, 2.24) is 19.4 Å². The summed E-state index contributed by atoms with van der Waals surface area (Å²) in [5, 5.41) is 1.20. The van der Waals surface area contributed by atoms with Crippen molar-refractivity contribution < 1.29 is 14.3 Å². The lowest BCUT2D eigenvalue weighted by atomic mass is 10.0. The first-order valence-corrected chi connectivity index (χ1v) is 11.8. The SMILES string of the molecule is CC(C)(C)OC(=O)N1CCC(n2cccc2C(=O)N2CCc3[nH]c4ccccc4c3C2)CC1. The smallest absolute Gasteiger partial charge is 0.410 e. The molecule has 0 saturated carbocycles. The number of H-pyrrole nitrogens is 1. The number of ether oxygens (including phenoxy) is 1. The largest absolute Gasteiger partial charge is 0.444 e. The Morgan fingerprint density at radius 3 is 2.52 bits per heavy atom. The van der Waals surface area contributed by atoms with Crippen LogP contribution in [-0.2, 0) is 17.7 Å². The highest BCUT2D eigenvalue weighted by molar-refractivity contribution is 5.94. The molecule has 1 fully saturated rings. The summed E-state index contributed by atoms with van der Waals surface area (Å²) in [5.41, 5.74) is 3.85. The van der Waals surface area contributed by atoms with Gasteiger partial charge in [-0.3, -0.25) is 4.79 Å². The number of aromatic amines is 1. The summed E-state index contributed by atoms with van der Waals surface area (Å²) >= 11 is 0. The molecule has 1 saturated heterocycles. The Bertz CT molecular complexity index is 1180. The molecule has 174 valence electrons. The highest BCUT2D eigenvalue weighted by atomic mass is 16.6. The number of nitrogens with one attached hydrogen (secondary N) is 1. The summed E-state index contributed by atoms with van der Waals surface area (Å²) in [5.74, 6) is 0.0745.